The molecule has 0 aliphatic heterocycles. The molecule has 0 saturated carbocycles. The molecule has 17 heavy (non-hydrogen) atoms. The van der Waals surface area contributed by atoms with Gasteiger partial charge in [-0.15, -0.1) is 11.3 Å². The van der Waals surface area contributed by atoms with Gasteiger partial charge in [-0.25, -0.2) is 0 Å². The number of aryl methyl sites for hydroxylation is 1. The van der Waals surface area contributed by atoms with Gasteiger partial charge in [-0.05, 0) is 35.6 Å². The smallest absolute Gasteiger partial charge is 0.172 e. The quantitative estimate of drug-likeness (QED) is 0.762. The maximum Gasteiger partial charge on any atom is 0.172 e. The second-order valence-electron chi connectivity index (χ2n) is 3.94. The first-order valence-electron chi connectivity index (χ1n) is 5.83. The van der Waals surface area contributed by atoms with E-state index in [4.69, 9.17) is 4.74 Å². The molecule has 0 fully saturated rings. The first-order chi connectivity index (χ1) is 8.19. The summed E-state index contributed by atoms with van der Waals surface area (Å²) in [6.07, 6.45) is 1.50. The zero-order chi connectivity index (χ0) is 12.4. The number of benzene rings is 1. The molecule has 0 N–H and O–H groups in total. The van der Waals surface area contributed by atoms with Crippen LogP contribution in [0.3, 0.4) is 0 Å². The molecule has 0 bridgehead atoms. The normalized spacial score (nSPS) is 10.8. The third kappa shape index (κ3) is 2.20. The van der Waals surface area contributed by atoms with Crippen LogP contribution in [-0.4, -0.2) is 12.9 Å². The number of methoxy groups -OCH3 is 1. The van der Waals surface area contributed by atoms with Gasteiger partial charge in [0.2, 0.25) is 0 Å². The molecule has 0 aliphatic carbocycles. The van der Waals surface area contributed by atoms with Crippen LogP contribution in [0.4, 0.5) is 0 Å². The number of ketones is 1. The molecule has 0 atom stereocenters. The lowest BCUT2D eigenvalue weighted by atomic mass is 10.1. The molecule has 1 aromatic carbocycles. The van der Waals surface area contributed by atoms with Gasteiger partial charge >= 0.3 is 0 Å². The van der Waals surface area contributed by atoms with Gasteiger partial charge < -0.3 is 4.74 Å². The van der Waals surface area contributed by atoms with Crippen LogP contribution in [0.1, 0.15) is 35.5 Å². The average Bonchev–Trinajstić information content (AvgIpc) is 2.78. The largest absolute Gasteiger partial charge is 0.496 e. The Morgan fingerprint density at radius 3 is 2.65 bits per heavy atom. The number of thiophene rings is 1. The Labute approximate surface area is 105 Å². The fourth-order valence-electron chi connectivity index (χ4n) is 1.89. The third-order valence-electron chi connectivity index (χ3n) is 2.90. The SMILES string of the molecule is CCC(=O)c1cc2cc(OC)c(CC)cc2s1. The lowest BCUT2D eigenvalue weighted by Crippen LogP contribution is -1.90. The van der Waals surface area contributed by atoms with Crippen molar-refractivity contribution in [3.05, 3.63) is 28.6 Å². The van der Waals surface area contributed by atoms with Crippen molar-refractivity contribution in [3.8, 4) is 5.75 Å². The van der Waals surface area contributed by atoms with Gasteiger partial charge in [-0.2, -0.15) is 0 Å². The van der Waals surface area contributed by atoms with Crippen LogP contribution in [-0.2, 0) is 6.42 Å². The van der Waals surface area contributed by atoms with Crippen LogP contribution >= 0.6 is 11.3 Å². The molecule has 3 heteroatoms. The van der Waals surface area contributed by atoms with Crippen LogP contribution in [0.15, 0.2) is 18.2 Å². The monoisotopic (exact) mass is 248 g/mol. The van der Waals surface area contributed by atoms with E-state index in [1.807, 2.05) is 19.1 Å². The van der Waals surface area contributed by atoms with E-state index < -0.39 is 0 Å². The van der Waals surface area contributed by atoms with Crippen LogP contribution in [0.25, 0.3) is 10.1 Å². The van der Waals surface area contributed by atoms with Crippen molar-refractivity contribution in [3.63, 3.8) is 0 Å². The summed E-state index contributed by atoms with van der Waals surface area (Å²) < 4.78 is 6.53. The number of carbonyl (C=O) groups excluding carboxylic acids is 1. The van der Waals surface area contributed by atoms with E-state index in [1.165, 1.54) is 10.3 Å². The summed E-state index contributed by atoms with van der Waals surface area (Å²) in [6, 6.07) is 6.12. The molecular formula is C14H16O2S. The van der Waals surface area contributed by atoms with E-state index in [2.05, 4.69) is 13.0 Å². The van der Waals surface area contributed by atoms with Gasteiger partial charge in [0, 0.05) is 11.1 Å². The fourth-order valence-corrected chi connectivity index (χ4v) is 3.00. The number of ether oxygens (including phenoxy) is 1. The summed E-state index contributed by atoms with van der Waals surface area (Å²) in [5.41, 5.74) is 1.19. The topological polar surface area (TPSA) is 26.3 Å². The first kappa shape index (κ1) is 12.1. The van der Waals surface area contributed by atoms with Crippen molar-refractivity contribution in [1.29, 1.82) is 0 Å². The summed E-state index contributed by atoms with van der Waals surface area (Å²) in [5, 5.41) is 1.10. The van der Waals surface area contributed by atoms with Crippen molar-refractivity contribution in [2.24, 2.45) is 0 Å². The molecule has 0 unspecified atom stereocenters. The van der Waals surface area contributed by atoms with Crippen molar-refractivity contribution in [2.75, 3.05) is 7.11 Å². The summed E-state index contributed by atoms with van der Waals surface area (Å²) in [7, 11) is 1.69. The standard InChI is InChI=1S/C14H16O2S/c1-4-9-7-13-10(6-12(9)16-3)8-14(17-13)11(15)5-2/h6-8H,4-5H2,1-3H3. The number of fused-ring (bicyclic) bond motifs is 1. The summed E-state index contributed by atoms with van der Waals surface area (Å²) >= 11 is 1.57. The minimum atomic E-state index is 0.211. The zero-order valence-corrected chi connectivity index (χ0v) is 11.2. The molecule has 90 valence electrons. The van der Waals surface area contributed by atoms with E-state index >= 15 is 0 Å². The molecular weight excluding hydrogens is 232 g/mol. The van der Waals surface area contributed by atoms with Gasteiger partial charge in [0.1, 0.15) is 5.75 Å². The molecule has 0 amide bonds. The second-order valence-corrected chi connectivity index (χ2v) is 5.03. The van der Waals surface area contributed by atoms with Gasteiger partial charge in [0.25, 0.3) is 0 Å². The maximum absolute atomic E-state index is 11.7. The molecule has 0 aliphatic rings. The first-order valence-corrected chi connectivity index (χ1v) is 6.64. The molecule has 2 rings (SSSR count). The third-order valence-corrected chi connectivity index (χ3v) is 4.04. The molecule has 0 radical (unpaired) electrons. The van der Waals surface area contributed by atoms with Crippen LogP contribution in [0.5, 0.6) is 5.75 Å². The minimum absolute atomic E-state index is 0.211. The number of rotatable bonds is 4. The predicted molar refractivity (Wildman–Crippen MR) is 72.4 cm³/mol. The van der Waals surface area contributed by atoms with Crippen LogP contribution in [0.2, 0.25) is 0 Å². The Kier molecular flexibility index (Phi) is 3.48. The lowest BCUT2D eigenvalue weighted by molar-refractivity contribution is 0.0992. The minimum Gasteiger partial charge on any atom is -0.496 e. The molecule has 0 saturated heterocycles. The average molecular weight is 248 g/mol. The molecule has 1 aromatic heterocycles. The highest BCUT2D eigenvalue weighted by molar-refractivity contribution is 7.20. The molecule has 2 nitrogen and oxygen atoms in total. The Balaban J connectivity index is 2.57. The summed E-state index contributed by atoms with van der Waals surface area (Å²) in [5.74, 6) is 1.12. The fraction of sp³-hybridized carbons (Fsp3) is 0.357. The van der Waals surface area contributed by atoms with Crippen molar-refractivity contribution in [1.82, 2.24) is 0 Å². The zero-order valence-electron chi connectivity index (χ0n) is 10.4. The van der Waals surface area contributed by atoms with E-state index in [1.54, 1.807) is 18.4 Å². The predicted octanol–water partition coefficient (Wildman–Crippen LogP) is 4.07. The molecule has 0 spiro atoms. The molecule has 2 aromatic rings. The number of hydrogen-bond donors (Lipinski definition) is 0. The Bertz CT molecular complexity index is 514. The Hall–Kier alpha value is -1.35. The second kappa shape index (κ2) is 4.88. The Morgan fingerprint density at radius 2 is 2.06 bits per heavy atom. The van der Waals surface area contributed by atoms with Crippen molar-refractivity contribution >= 4 is 27.2 Å². The summed E-state index contributed by atoms with van der Waals surface area (Å²) in [4.78, 5) is 12.5. The lowest BCUT2D eigenvalue weighted by Gasteiger charge is -2.05. The molecule has 1 heterocycles. The Morgan fingerprint density at radius 1 is 1.29 bits per heavy atom. The van der Waals surface area contributed by atoms with Gasteiger partial charge in [-0.3, -0.25) is 4.79 Å². The number of Topliss-reactive ketones (excluding diaryl/α,β-unsaturated/α-hetero) is 1. The van der Waals surface area contributed by atoms with Crippen molar-refractivity contribution in [2.45, 2.75) is 26.7 Å². The van der Waals surface area contributed by atoms with E-state index in [9.17, 15) is 4.79 Å². The van der Waals surface area contributed by atoms with Crippen LogP contribution in [0, 0.1) is 0 Å². The number of hydrogen-bond acceptors (Lipinski definition) is 3. The highest BCUT2D eigenvalue weighted by Crippen LogP contribution is 2.32. The van der Waals surface area contributed by atoms with Gasteiger partial charge in [0.05, 0.1) is 12.0 Å². The van der Waals surface area contributed by atoms with Gasteiger partial charge in [0.15, 0.2) is 5.78 Å². The highest BCUT2D eigenvalue weighted by Gasteiger charge is 2.11. The van der Waals surface area contributed by atoms with E-state index in [0.29, 0.717) is 6.42 Å². The highest BCUT2D eigenvalue weighted by atomic mass is 32.1. The van der Waals surface area contributed by atoms with E-state index in [-0.39, 0.29) is 5.78 Å². The maximum atomic E-state index is 11.7. The number of carbonyl (C=O) groups is 1. The van der Waals surface area contributed by atoms with E-state index in [0.717, 1.165) is 22.4 Å². The van der Waals surface area contributed by atoms with Crippen molar-refractivity contribution < 1.29 is 9.53 Å². The van der Waals surface area contributed by atoms with Crippen LogP contribution < -0.4 is 4.74 Å². The summed E-state index contributed by atoms with van der Waals surface area (Å²) in [6.45, 7) is 4.00. The van der Waals surface area contributed by atoms with Gasteiger partial charge in [-0.1, -0.05) is 13.8 Å².